The molecular formula is C41H62Cl2O10. The Morgan fingerprint density at radius 2 is 1.55 bits per heavy atom. The number of rotatable bonds is 8. The van der Waals surface area contributed by atoms with E-state index in [4.69, 9.17) is 61.1 Å². The third kappa shape index (κ3) is 7.53. The van der Waals surface area contributed by atoms with Crippen molar-refractivity contribution in [1.82, 2.24) is 0 Å². The second kappa shape index (κ2) is 16.2. The van der Waals surface area contributed by atoms with Crippen LogP contribution in [0, 0.1) is 53.3 Å². The van der Waals surface area contributed by atoms with Gasteiger partial charge in [0.2, 0.25) is 0 Å². The number of methoxy groups -OCH3 is 3. The fourth-order valence-corrected chi connectivity index (χ4v) is 12.5. The number of halogens is 2. The van der Waals surface area contributed by atoms with E-state index in [0.29, 0.717) is 12.3 Å². The Morgan fingerprint density at radius 3 is 2.23 bits per heavy atom. The summed E-state index contributed by atoms with van der Waals surface area (Å²) in [6.45, 7) is 10.3. The molecule has 3 saturated heterocycles. The van der Waals surface area contributed by atoms with Crippen molar-refractivity contribution in [2.75, 3.05) is 21.3 Å². The molecule has 0 bridgehead atoms. The molecule has 7 rings (SSSR count). The van der Waals surface area contributed by atoms with E-state index < -0.39 is 22.6 Å². The average Bonchev–Trinajstić information content (AvgIpc) is 3.38. The predicted molar refractivity (Wildman–Crippen MR) is 198 cm³/mol. The fraction of sp³-hybridized carbons (Fsp3) is 0.902. The van der Waals surface area contributed by atoms with Gasteiger partial charge in [0.05, 0.1) is 30.8 Å². The van der Waals surface area contributed by atoms with E-state index in [-0.39, 0.29) is 109 Å². The quantitative estimate of drug-likeness (QED) is 0.188. The summed E-state index contributed by atoms with van der Waals surface area (Å²) in [7, 11) is 4.94. The first-order valence-corrected chi connectivity index (χ1v) is 21.1. The number of allylic oxidation sites excluding steroid dienone is 2. The number of ether oxygens (including phenoxy) is 8. The average molecular weight is 786 g/mol. The smallest absolute Gasteiger partial charge is 0.306 e. The van der Waals surface area contributed by atoms with Gasteiger partial charge in [-0.1, -0.05) is 26.8 Å². The third-order valence-electron chi connectivity index (χ3n) is 14.5. The lowest BCUT2D eigenvalue weighted by atomic mass is 9.66. The number of alkyl halides is 2. The van der Waals surface area contributed by atoms with E-state index in [1.54, 1.807) is 21.3 Å². The van der Waals surface area contributed by atoms with Crippen LogP contribution in [0.5, 0.6) is 0 Å². The van der Waals surface area contributed by atoms with Crippen molar-refractivity contribution in [2.24, 2.45) is 53.3 Å². The number of carbonyl (C=O) groups is 2. The summed E-state index contributed by atoms with van der Waals surface area (Å²) in [5.74, 6) is -0.0770. The van der Waals surface area contributed by atoms with Crippen molar-refractivity contribution in [1.29, 1.82) is 0 Å². The van der Waals surface area contributed by atoms with E-state index in [0.717, 1.165) is 50.5 Å². The molecule has 0 aromatic carbocycles. The first-order chi connectivity index (χ1) is 25.3. The Kier molecular flexibility index (Phi) is 12.3. The van der Waals surface area contributed by atoms with Crippen molar-refractivity contribution < 1.29 is 47.5 Å². The molecule has 7 aliphatic rings. The maximum Gasteiger partial charge on any atom is 0.306 e. The van der Waals surface area contributed by atoms with E-state index in [9.17, 15) is 9.59 Å². The molecule has 53 heavy (non-hydrogen) atoms. The molecule has 5 unspecified atom stereocenters. The summed E-state index contributed by atoms with van der Waals surface area (Å²) in [4.78, 5) is 28.5. The van der Waals surface area contributed by atoms with Crippen molar-refractivity contribution in [3.8, 4) is 0 Å². The number of esters is 1. The van der Waals surface area contributed by atoms with Crippen LogP contribution in [-0.2, 0) is 47.5 Å². The van der Waals surface area contributed by atoms with Crippen LogP contribution in [0.3, 0.4) is 0 Å². The molecule has 19 atom stereocenters. The second-order valence-corrected chi connectivity index (χ2v) is 18.7. The van der Waals surface area contributed by atoms with Crippen LogP contribution in [-0.4, -0.2) is 98.8 Å². The molecule has 10 nitrogen and oxygen atoms in total. The first kappa shape index (κ1) is 40.4. The number of cyclic esters (lactones) is 1. The van der Waals surface area contributed by atoms with Crippen LogP contribution in [0.4, 0.5) is 0 Å². The Bertz CT molecular complexity index is 1360. The minimum Gasteiger partial charge on any atom is -0.462 e. The summed E-state index contributed by atoms with van der Waals surface area (Å²) in [6, 6.07) is 0. The van der Waals surface area contributed by atoms with E-state index in [2.05, 4.69) is 26.8 Å². The van der Waals surface area contributed by atoms with Crippen LogP contribution in [0.15, 0.2) is 11.6 Å². The summed E-state index contributed by atoms with van der Waals surface area (Å²) in [5, 5.41) is 0. The van der Waals surface area contributed by atoms with Gasteiger partial charge in [-0.05, 0) is 100 Å². The summed E-state index contributed by atoms with van der Waals surface area (Å²) >= 11 is 14.4. The molecule has 0 aromatic heterocycles. The molecule has 0 N–H and O–H groups in total. The number of hydrogen-bond acceptors (Lipinski definition) is 10. The molecular weight excluding hydrogens is 723 g/mol. The molecule has 4 aliphatic carbocycles. The summed E-state index contributed by atoms with van der Waals surface area (Å²) in [6.07, 6.45) is 5.76. The van der Waals surface area contributed by atoms with Gasteiger partial charge >= 0.3 is 5.97 Å². The Labute approximate surface area is 325 Å². The van der Waals surface area contributed by atoms with E-state index >= 15 is 0 Å². The lowest BCUT2D eigenvalue weighted by Gasteiger charge is -2.44. The maximum atomic E-state index is 14.8. The standard InChI is InChI=1S/C41H62Cl2O10/c1-9-23-11-10-12-30(53-32-14-13-19(2)21(4)49-32)20(3)36(45)29-17-26-25-15-24(52-40-39(48-8)38(47-7)37(46-6)22(5)50-40)16-28(25)34-35(41(34,42)43)33(26)27(29)18-31(44)51-23/h17,19-28,30,32-35,37-40H,9-16,18H2,1-8H3/t19-,20+,21?,22?,23-,24-,25-,26-,27+,28+,30-,32-,33+,34?,35?,37-,38?,39-,40-/m0/s1. The van der Waals surface area contributed by atoms with Gasteiger partial charge in [0.15, 0.2) is 18.4 Å². The van der Waals surface area contributed by atoms with Gasteiger partial charge in [0.1, 0.15) is 28.7 Å². The lowest BCUT2D eigenvalue weighted by Crippen LogP contribution is -2.59. The maximum absolute atomic E-state index is 14.8. The highest BCUT2D eigenvalue weighted by molar-refractivity contribution is 6.51. The highest BCUT2D eigenvalue weighted by Crippen LogP contribution is 2.77. The molecule has 3 saturated carbocycles. The predicted octanol–water partition coefficient (Wildman–Crippen LogP) is 7.06. The number of ketones is 1. The van der Waals surface area contributed by atoms with Gasteiger partial charge in [-0.15, -0.1) is 23.2 Å². The monoisotopic (exact) mass is 784 g/mol. The van der Waals surface area contributed by atoms with Crippen LogP contribution in [0.1, 0.15) is 92.4 Å². The normalized spacial score (nSPS) is 49.7. The minimum atomic E-state index is -0.940. The summed E-state index contributed by atoms with van der Waals surface area (Å²) in [5.41, 5.74) is 0.718. The third-order valence-corrected chi connectivity index (χ3v) is 15.5. The van der Waals surface area contributed by atoms with Crippen molar-refractivity contribution in [3.63, 3.8) is 0 Å². The number of hydrogen-bond donors (Lipinski definition) is 0. The molecule has 12 heteroatoms. The number of carbonyl (C=O) groups excluding carboxylic acids is 2. The van der Waals surface area contributed by atoms with Crippen LogP contribution >= 0.6 is 23.2 Å². The molecule has 300 valence electrons. The van der Waals surface area contributed by atoms with Crippen molar-refractivity contribution in [2.45, 2.75) is 158 Å². The molecule has 0 amide bonds. The largest absolute Gasteiger partial charge is 0.462 e. The Balaban J connectivity index is 1.16. The second-order valence-electron chi connectivity index (χ2n) is 17.3. The van der Waals surface area contributed by atoms with Gasteiger partial charge in [-0.3, -0.25) is 9.59 Å². The first-order valence-electron chi connectivity index (χ1n) is 20.4. The Morgan fingerprint density at radius 1 is 0.830 bits per heavy atom. The summed E-state index contributed by atoms with van der Waals surface area (Å²) < 4.78 is 48.7. The van der Waals surface area contributed by atoms with Crippen LogP contribution < -0.4 is 0 Å². The SMILES string of the molecule is CC[C@H]1CCC[C@H](O[C@H]2CC[C@H](C)C(C)O2)[C@@H](C)C(=O)C2=C[C@H]3[C@@H]4C[C@H](O[C@@H]5OC(C)[C@H](OC)C(OC)[C@@H]5OC)C[C@H]4C4C([C@H]3[C@@H]2CC(=O)O1)C4(Cl)Cl. The van der Waals surface area contributed by atoms with Gasteiger partial charge in [-0.2, -0.15) is 0 Å². The zero-order valence-corrected chi connectivity index (χ0v) is 34.3. The molecule has 3 aliphatic heterocycles. The fourth-order valence-electron chi connectivity index (χ4n) is 11.4. The number of Topliss-reactive ketones (excluding diaryl/α,β-unsaturated/α-hetero) is 1. The number of fused-ring (bicyclic) bond motifs is 8. The van der Waals surface area contributed by atoms with Crippen molar-refractivity contribution in [3.05, 3.63) is 11.6 Å². The van der Waals surface area contributed by atoms with E-state index in [1.165, 1.54) is 0 Å². The minimum absolute atomic E-state index is 0.0303. The molecule has 0 spiro atoms. The highest BCUT2D eigenvalue weighted by Gasteiger charge is 2.76. The Hall–Kier alpha value is -0.820. The molecule has 6 fully saturated rings. The molecule has 0 aromatic rings. The van der Waals surface area contributed by atoms with E-state index in [1.807, 2.05) is 13.8 Å². The zero-order valence-electron chi connectivity index (χ0n) is 32.7. The lowest BCUT2D eigenvalue weighted by molar-refractivity contribution is -0.314. The van der Waals surface area contributed by atoms with Gasteiger partial charge in [-0.25, -0.2) is 0 Å². The zero-order chi connectivity index (χ0) is 37.9. The van der Waals surface area contributed by atoms with Crippen LogP contribution in [0.25, 0.3) is 0 Å². The highest BCUT2D eigenvalue weighted by atomic mass is 35.5. The topological polar surface area (TPSA) is 108 Å². The molecule has 0 radical (unpaired) electrons. The van der Waals surface area contributed by atoms with Gasteiger partial charge in [0.25, 0.3) is 0 Å². The van der Waals surface area contributed by atoms with Crippen molar-refractivity contribution >= 4 is 35.0 Å². The van der Waals surface area contributed by atoms with Crippen LogP contribution in [0.2, 0.25) is 0 Å². The van der Waals surface area contributed by atoms with Gasteiger partial charge in [0, 0.05) is 45.0 Å². The van der Waals surface area contributed by atoms with Gasteiger partial charge < -0.3 is 37.9 Å². The molecule has 3 heterocycles.